The number of carbonyl (C=O) groups is 2. The second kappa shape index (κ2) is 14.7. The Kier molecular flexibility index (Phi) is 10.9. The van der Waals surface area contributed by atoms with E-state index in [9.17, 15) is 14.9 Å². The Bertz CT molecular complexity index is 1370. The summed E-state index contributed by atoms with van der Waals surface area (Å²) in [5.41, 5.74) is 4.24. The highest BCUT2D eigenvalue weighted by molar-refractivity contribution is 6.35. The van der Waals surface area contributed by atoms with Crippen LogP contribution in [0, 0.1) is 11.3 Å². The lowest BCUT2D eigenvalue weighted by Gasteiger charge is -2.23. The number of benzene rings is 3. The van der Waals surface area contributed by atoms with E-state index in [2.05, 4.69) is 56.5 Å². The second-order valence-corrected chi connectivity index (χ2v) is 11.0. The van der Waals surface area contributed by atoms with E-state index in [1.807, 2.05) is 25.1 Å². The summed E-state index contributed by atoms with van der Waals surface area (Å²) in [6.45, 7) is 5.45. The lowest BCUT2D eigenvalue weighted by molar-refractivity contribution is 0.236. The van der Waals surface area contributed by atoms with Crippen LogP contribution >= 0.6 is 23.2 Å². The van der Waals surface area contributed by atoms with E-state index < -0.39 is 0 Å². The molecule has 0 aromatic heterocycles. The van der Waals surface area contributed by atoms with Crippen LogP contribution in [0.5, 0.6) is 0 Å². The van der Waals surface area contributed by atoms with Crippen LogP contribution in [0.3, 0.4) is 0 Å². The average molecular weight is 594 g/mol. The Hall–Kier alpha value is -3.77. The maximum Gasteiger partial charge on any atom is 0.319 e. The van der Waals surface area contributed by atoms with Crippen molar-refractivity contribution in [1.29, 1.82) is 5.26 Å². The highest BCUT2D eigenvalue weighted by atomic mass is 35.5. The molecule has 8 nitrogen and oxygen atoms in total. The van der Waals surface area contributed by atoms with Gasteiger partial charge in [-0.2, -0.15) is 5.26 Å². The van der Waals surface area contributed by atoms with E-state index in [4.69, 9.17) is 23.2 Å². The first-order valence-electron chi connectivity index (χ1n) is 13.7. The van der Waals surface area contributed by atoms with Crippen molar-refractivity contribution in [2.45, 2.75) is 31.7 Å². The molecule has 3 aromatic carbocycles. The Morgan fingerprint density at radius 3 is 2.46 bits per heavy atom. The zero-order valence-corrected chi connectivity index (χ0v) is 24.4. The summed E-state index contributed by atoms with van der Waals surface area (Å²) in [7, 11) is 0. The Morgan fingerprint density at radius 1 is 1.00 bits per heavy atom. The molecule has 2 unspecified atom stereocenters. The molecule has 0 aliphatic carbocycles. The van der Waals surface area contributed by atoms with Crippen LogP contribution in [-0.2, 0) is 0 Å². The Labute approximate surface area is 251 Å². The lowest BCUT2D eigenvalue weighted by Crippen LogP contribution is -2.43. The van der Waals surface area contributed by atoms with Gasteiger partial charge in [0, 0.05) is 53.9 Å². The predicted octanol–water partition coefficient (Wildman–Crippen LogP) is 6.22. The molecule has 4 amide bonds. The molecule has 1 aliphatic rings. The molecule has 214 valence electrons. The molecule has 4 rings (SSSR count). The van der Waals surface area contributed by atoms with Gasteiger partial charge in [-0.1, -0.05) is 59.6 Å². The van der Waals surface area contributed by atoms with Crippen molar-refractivity contribution in [1.82, 2.24) is 20.9 Å². The minimum Gasteiger partial charge on any atom is -0.338 e. The Morgan fingerprint density at radius 2 is 1.76 bits per heavy atom. The predicted molar refractivity (Wildman–Crippen MR) is 164 cm³/mol. The molecule has 10 heteroatoms. The fourth-order valence-electron chi connectivity index (χ4n) is 5.01. The van der Waals surface area contributed by atoms with Crippen LogP contribution in [0.4, 0.5) is 15.3 Å². The molecule has 1 aliphatic heterocycles. The topological polar surface area (TPSA) is 109 Å². The monoisotopic (exact) mass is 592 g/mol. The number of anilines is 1. The minimum atomic E-state index is -0.342. The quantitative estimate of drug-likeness (QED) is 0.224. The summed E-state index contributed by atoms with van der Waals surface area (Å²) in [6, 6.07) is 22.5. The molecule has 0 radical (unpaired) electrons. The molecule has 1 saturated heterocycles. The number of rotatable bonds is 10. The zero-order chi connectivity index (χ0) is 29.2. The molecule has 3 aromatic rings. The number of nitrogens with zero attached hydrogens (tertiary/aromatic N) is 2. The van der Waals surface area contributed by atoms with Crippen LogP contribution in [0.1, 0.15) is 36.8 Å². The number of hydrogen-bond donors (Lipinski definition) is 4. The summed E-state index contributed by atoms with van der Waals surface area (Å²) in [5, 5.41) is 21.8. The van der Waals surface area contributed by atoms with Crippen LogP contribution in [-0.4, -0.2) is 55.7 Å². The van der Waals surface area contributed by atoms with Crippen LogP contribution in [0.2, 0.25) is 10.0 Å². The molecular formula is C31H34Cl2N6O2. The van der Waals surface area contributed by atoms with Gasteiger partial charge in [-0.15, -0.1) is 0 Å². The van der Waals surface area contributed by atoms with E-state index in [-0.39, 0.29) is 24.0 Å². The normalized spacial score (nSPS) is 15.5. The first kappa shape index (κ1) is 30.2. The van der Waals surface area contributed by atoms with Gasteiger partial charge in [0.15, 0.2) is 0 Å². The van der Waals surface area contributed by atoms with Crippen LogP contribution in [0.25, 0.3) is 11.1 Å². The van der Waals surface area contributed by atoms with Crippen molar-refractivity contribution in [3.63, 3.8) is 0 Å². The standard InChI is InChI=1S/C31H34Cl2N6O2/c1-2-35-30(40)37-28-11-13-39(20-28)12-10-25(19-36-31(41)38-29-16-26(32)15-27(33)17-29)23-8-6-22(7-9-23)24-5-3-4-21(14-24)18-34/h3-9,14-17,25,28H,2,10-13,19-20H2,1H3,(H2,35,37,40)(H2,36,38,41). The van der Waals surface area contributed by atoms with Gasteiger partial charge in [-0.3, -0.25) is 0 Å². The van der Waals surface area contributed by atoms with E-state index in [1.54, 1.807) is 24.3 Å². The summed E-state index contributed by atoms with van der Waals surface area (Å²) in [6.07, 6.45) is 1.72. The summed E-state index contributed by atoms with van der Waals surface area (Å²) in [4.78, 5) is 27.0. The highest BCUT2D eigenvalue weighted by Gasteiger charge is 2.25. The number of halogens is 2. The van der Waals surface area contributed by atoms with Gasteiger partial charge in [0.05, 0.1) is 11.6 Å². The number of urea groups is 2. The zero-order valence-electron chi connectivity index (χ0n) is 22.9. The van der Waals surface area contributed by atoms with Gasteiger partial charge in [-0.05, 0) is 73.3 Å². The molecule has 2 atom stereocenters. The molecule has 1 heterocycles. The van der Waals surface area contributed by atoms with Crippen molar-refractivity contribution in [2.75, 3.05) is 38.0 Å². The van der Waals surface area contributed by atoms with E-state index in [0.717, 1.165) is 49.2 Å². The van der Waals surface area contributed by atoms with Crippen molar-refractivity contribution < 1.29 is 9.59 Å². The number of amides is 4. The summed E-state index contributed by atoms with van der Waals surface area (Å²) >= 11 is 12.1. The van der Waals surface area contributed by atoms with E-state index in [1.165, 1.54) is 0 Å². The maximum absolute atomic E-state index is 12.7. The third-order valence-electron chi connectivity index (χ3n) is 7.08. The van der Waals surface area contributed by atoms with Crippen LogP contribution < -0.4 is 21.3 Å². The van der Waals surface area contributed by atoms with Crippen molar-refractivity contribution in [3.8, 4) is 17.2 Å². The minimum absolute atomic E-state index is 0.0543. The third-order valence-corrected chi connectivity index (χ3v) is 7.51. The molecule has 0 saturated carbocycles. The van der Waals surface area contributed by atoms with E-state index >= 15 is 0 Å². The first-order valence-corrected chi connectivity index (χ1v) is 14.5. The number of carbonyl (C=O) groups excluding carboxylic acids is 2. The third kappa shape index (κ3) is 9.12. The van der Waals surface area contributed by atoms with Gasteiger partial charge in [0.1, 0.15) is 0 Å². The number of likely N-dealkylation sites (tertiary alicyclic amines) is 1. The second-order valence-electron chi connectivity index (χ2n) is 10.1. The summed E-state index contributed by atoms with van der Waals surface area (Å²) in [5.74, 6) is 0.0543. The average Bonchev–Trinajstić information content (AvgIpc) is 3.39. The largest absolute Gasteiger partial charge is 0.338 e. The van der Waals surface area contributed by atoms with Gasteiger partial charge in [0.25, 0.3) is 0 Å². The van der Waals surface area contributed by atoms with Crippen molar-refractivity contribution >= 4 is 41.0 Å². The molecule has 4 N–H and O–H groups in total. The molecule has 1 fully saturated rings. The van der Waals surface area contributed by atoms with E-state index in [0.29, 0.717) is 34.4 Å². The number of hydrogen-bond acceptors (Lipinski definition) is 4. The number of nitriles is 1. The van der Waals surface area contributed by atoms with Gasteiger partial charge in [-0.25, -0.2) is 9.59 Å². The molecule has 0 bridgehead atoms. The summed E-state index contributed by atoms with van der Waals surface area (Å²) < 4.78 is 0. The van der Waals surface area contributed by atoms with Gasteiger partial charge < -0.3 is 26.2 Å². The maximum atomic E-state index is 12.7. The van der Waals surface area contributed by atoms with Gasteiger partial charge >= 0.3 is 12.1 Å². The Balaban J connectivity index is 1.42. The molecule has 41 heavy (non-hydrogen) atoms. The highest BCUT2D eigenvalue weighted by Crippen LogP contribution is 2.26. The lowest BCUT2D eigenvalue weighted by atomic mass is 9.93. The number of nitrogens with one attached hydrogen (secondary N) is 4. The fourth-order valence-corrected chi connectivity index (χ4v) is 5.53. The molecular weight excluding hydrogens is 559 g/mol. The van der Waals surface area contributed by atoms with Gasteiger partial charge in [0.2, 0.25) is 0 Å². The van der Waals surface area contributed by atoms with Crippen LogP contribution in [0.15, 0.2) is 66.7 Å². The van der Waals surface area contributed by atoms with Crippen molar-refractivity contribution in [2.24, 2.45) is 0 Å². The fraction of sp³-hybridized carbons (Fsp3) is 0.323. The van der Waals surface area contributed by atoms with Crippen molar-refractivity contribution in [3.05, 3.63) is 87.9 Å². The SMILES string of the molecule is CCNC(=O)NC1CCN(CCC(CNC(=O)Nc2cc(Cl)cc(Cl)c2)c2ccc(-c3cccc(C#N)c3)cc2)C1. The molecule has 0 spiro atoms. The smallest absolute Gasteiger partial charge is 0.319 e. The first-order chi connectivity index (χ1) is 19.8.